The topological polar surface area (TPSA) is 75.7 Å². The molecule has 0 spiro atoms. The number of halogens is 3. The Morgan fingerprint density at radius 3 is 2.43 bits per heavy atom. The number of ether oxygens (including phenoxy) is 1. The Hall–Kier alpha value is -1.81. The first-order valence-corrected chi connectivity index (χ1v) is 11.7. The van der Waals surface area contributed by atoms with Crippen molar-refractivity contribution in [2.45, 2.75) is 62.7 Å². The third-order valence-corrected chi connectivity index (χ3v) is 7.84. The monoisotopic (exact) mass is 448 g/mol. The van der Waals surface area contributed by atoms with E-state index in [-0.39, 0.29) is 35.9 Å². The number of sulfonamides is 1. The van der Waals surface area contributed by atoms with E-state index in [2.05, 4.69) is 17.0 Å². The molecule has 1 saturated carbocycles. The maximum absolute atomic E-state index is 12.8. The molecule has 2 atom stereocenters. The average Bonchev–Trinajstić information content (AvgIpc) is 2.69. The van der Waals surface area contributed by atoms with E-state index < -0.39 is 22.1 Å². The molecule has 0 unspecified atom stereocenters. The maximum atomic E-state index is 12.8. The van der Waals surface area contributed by atoms with Crippen molar-refractivity contribution < 1.29 is 31.1 Å². The van der Waals surface area contributed by atoms with Gasteiger partial charge in [0.15, 0.2) is 0 Å². The normalized spacial score (nSPS) is 24.4. The zero-order chi connectivity index (χ0) is 21.9. The predicted octanol–water partition coefficient (Wildman–Crippen LogP) is 3.68. The number of carbonyl (C=O) groups excluding carboxylic acids is 1. The van der Waals surface area contributed by atoms with Gasteiger partial charge in [0.1, 0.15) is 5.75 Å². The van der Waals surface area contributed by atoms with E-state index >= 15 is 0 Å². The number of nitrogens with one attached hydrogen (secondary N) is 1. The molecule has 6 nitrogen and oxygen atoms in total. The summed E-state index contributed by atoms with van der Waals surface area (Å²) in [6.07, 6.45) is 0.205. The van der Waals surface area contributed by atoms with Gasteiger partial charge in [-0.3, -0.25) is 4.79 Å². The summed E-state index contributed by atoms with van der Waals surface area (Å²) in [6, 6.07) is 4.53. The molecule has 1 saturated heterocycles. The van der Waals surface area contributed by atoms with Crippen LogP contribution in [0, 0.1) is 11.8 Å². The van der Waals surface area contributed by atoms with E-state index in [1.165, 1.54) is 22.9 Å². The zero-order valence-electron chi connectivity index (χ0n) is 16.8. The van der Waals surface area contributed by atoms with Crippen LogP contribution in [0.2, 0.25) is 0 Å². The van der Waals surface area contributed by atoms with Crippen LogP contribution in [-0.4, -0.2) is 44.1 Å². The van der Waals surface area contributed by atoms with Crippen molar-refractivity contribution in [3.8, 4) is 5.75 Å². The molecule has 0 radical (unpaired) electrons. The van der Waals surface area contributed by atoms with Crippen molar-refractivity contribution in [2.75, 3.05) is 13.1 Å². The van der Waals surface area contributed by atoms with E-state index in [0.717, 1.165) is 31.4 Å². The van der Waals surface area contributed by atoms with Gasteiger partial charge in [0.2, 0.25) is 15.9 Å². The number of hydrogen-bond acceptors (Lipinski definition) is 4. The molecule has 0 bridgehead atoms. The zero-order valence-corrected chi connectivity index (χ0v) is 17.6. The smallest absolute Gasteiger partial charge is 0.406 e. The minimum Gasteiger partial charge on any atom is -0.406 e. The molecule has 10 heteroatoms. The standard InChI is InChI=1S/C20H27F3N2O4S/c1-14-5-2-3-8-18(14)24-19(26)15-9-11-25(12-10-15)30(27,28)17-7-4-6-16(13-17)29-20(21,22)23/h4,6-7,13-15,18H,2-3,5,8-12H2,1H3,(H,24,26)/t14-,18+/m1/s1. The number of alkyl halides is 3. The van der Waals surface area contributed by atoms with Gasteiger partial charge in [-0.2, -0.15) is 4.31 Å². The molecule has 2 aliphatic rings. The summed E-state index contributed by atoms with van der Waals surface area (Å²) in [6.45, 7) is 2.42. The van der Waals surface area contributed by atoms with Crippen LogP contribution in [0.3, 0.4) is 0 Å². The van der Waals surface area contributed by atoms with Crippen molar-refractivity contribution >= 4 is 15.9 Å². The van der Waals surface area contributed by atoms with Crippen LogP contribution >= 0.6 is 0 Å². The van der Waals surface area contributed by atoms with Crippen molar-refractivity contribution in [3.63, 3.8) is 0 Å². The Morgan fingerprint density at radius 1 is 1.13 bits per heavy atom. The lowest BCUT2D eigenvalue weighted by Crippen LogP contribution is -2.47. The van der Waals surface area contributed by atoms with Crippen molar-refractivity contribution in [3.05, 3.63) is 24.3 Å². The van der Waals surface area contributed by atoms with E-state index in [1.807, 2.05) is 0 Å². The highest BCUT2D eigenvalue weighted by Gasteiger charge is 2.35. The van der Waals surface area contributed by atoms with Gasteiger partial charge in [-0.25, -0.2) is 8.42 Å². The second-order valence-corrected chi connectivity index (χ2v) is 10.0. The van der Waals surface area contributed by atoms with Gasteiger partial charge in [0.05, 0.1) is 4.90 Å². The summed E-state index contributed by atoms with van der Waals surface area (Å²) in [7, 11) is -3.97. The third kappa shape index (κ3) is 5.66. The van der Waals surface area contributed by atoms with Gasteiger partial charge in [-0.05, 0) is 43.7 Å². The number of piperidine rings is 1. The molecule has 3 rings (SSSR count). The SMILES string of the molecule is C[C@@H]1CCCC[C@@H]1NC(=O)C1CCN(S(=O)(=O)c2cccc(OC(F)(F)F)c2)CC1. The van der Waals surface area contributed by atoms with Crippen LogP contribution < -0.4 is 10.1 Å². The Kier molecular flexibility index (Phi) is 6.96. The van der Waals surface area contributed by atoms with Crippen LogP contribution in [0.4, 0.5) is 13.2 Å². The average molecular weight is 449 g/mol. The van der Waals surface area contributed by atoms with Gasteiger partial charge in [-0.1, -0.05) is 25.8 Å². The molecule has 0 aromatic heterocycles. The predicted molar refractivity (Wildman–Crippen MR) is 104 cm³/mol. The molecule has 2 fully saturated rings. The number of carbonyl (C=O) groups is 1. The first-order valence-electron chi connectivity index (χ1n) is 10.2. The highest BCUT2D eigenvalue weighted by atomic mass is 32.2. The minimum atomic E-state index is -4.90. The first kappa shape index (κ1) is 22.9. The first-order chi connectivity index (χ1) is 14.1. The third-order valence-electron chi connectivity index (χ3n) is 5.94. The lowest BCUT2D eigenvalue weighted by molar-refractivity contribution is -0.274. The second kappa shape index (κ2) is 9.13. The Labute approximate surface area is 174 Å². The van der Waals surface area contributed by atoms with Crippen molar-refractivity contribution in [1.82, 2.24) is 9.62 Å². The number of rotatable bonds is 5. The molecule has 1 amide bonds. The van der Waals surface area contributed by atoms with Crippen molar-refractivity contribution in [1.29, 1.82) is 0 Å². The maximum Gasteiger partial charge on any atom is 0.573 e. The molecule has 1 heterocycles. The molecule has 1 aliphatic heterocycles. The number of benzene rings is 1. The van der Waals surface area contributed by atoms with Crippen molar-refractivity contribution in [2.24, 2.45) is 11.8 Å². The summed E-state index contributed by atoms with van der Waals surface area (Å²) < 4.78 is 67.9. The van der Waals surface area contributed by atoms with Gasteiger partial charge < -0.3 is 10.1 Å². The number of hydrogen-bond donors (Lipinski definition) is 1. The second-order valence-electron chi connectivity index (χ2n) is 8.08. The van der Waals surface area contributed by atoms with E-state index in [9.17, 15) is 26.4 Å². The summed E-state index contributed by atoms with van der Waals surface area (Å²) in [5, 5.41) is 3.12. The highest BCUT2D eigenvalue weighted by Crippen LogP contribution is 2.29. The Morgan fingerprint density at radius 2 is 1.80 bits per heavy atom. The lowest BCUT2D eigenvalue weighted by atomic mass is 9.85. The fourth-order valence-corrected chi connectivity index (χ4v) is 5.68. The molecule has 168 valence electrons. The molecule has 1 aromatic carbocycles. The minimum absolute atomic E-state index is 0.0358. The van der Waals surface area contributed by atoms with E-state index in [1.54, 1.807) is 0 Å². The fraction of sp³-hybridized carbons (Fsp3) is 0.650. The molecule has 1 aliphatic carbocycles. The van der Waals surface area contributed by atoms with Gasteiger partial charge in [-0.15, -0.1) is 13.2 Å². The van der Waals surface area contributed by atoms with E-state index in [0.29, 0.717) is 18.8 Å². The molecule has 1 aromatic rings. The fourth-order valence-electron chi connectivity index (χ4n) is 4.17. The lowest BCUT2D eigenvalue weighted by Gasteiger charge is -2.34. The Balaban J connectivity index is 1.60. The van der Waals surface area contributed by atoms with Crippen LogP contribution in [0.25, 0.3) is 0 Å². The van der Waals surface area contributed by atoms with Gasteiger partial charge >= 0.3 is 6.36 Å². The molecule has 30 heavy (non-hydrogen) atoms. The van der Waals surface area contributed by atoms with Gasteiger partial charge in [0.25, 0.3) is 0 Å². The largest absolute Gasteiger partial charge is 0.573 e. The number of nitrogens with zero attached hydrogens (tertiary/aromatic N) is 1. The summed E-state index contributed by atoms with van der Waals surface area (Å²) in [4.78, 5) is 12.4. The molecular weight excluding hydrogens is 421 g/mol. The Bertz CT molecular complexity index is 852. The highest BCUT2D eigenvalue weighted by molar-refractivity contribution is 7.89. The van der Waals surface area contributed by atoms with E-state index in [4.69, 9.17) is 0 Å². The molecule has 1 N–H and O–H groups in total. The van der Waals surface area contributed by atoms with Crippen LogP contribution in [-0.2, 0) is 14.8 Å². The number of amides is 1. The van der Waals surface area contributed by atoms with Crippen LogP contribution in [0.1, 0.15) is 45.4 Å². The van der Waals surface area contributed by atoms with Crippen LogP contribution in [0.5, 0.6) is 5.75 Å². The quantitative estimate of drug-likeness (QED) is 0.746. The summed E-state index contributed by atoms with van der Waals surface area (Å²) >= 11 is 0. The summed E-state index contributed by atoms with van der Waals surface area (Å²) in [5.41, 5.74) is 0. The van der Waals surface area contributed by atoms with Gasteiger partial charge in [0, 0.05) is 31.1 Å². The van der Waals surface area contributed by atoms with Crippen LogP contribution in [0.15, 0.2) is 29.2 Å². The molecular formula is C20H27F3N2O4S. The summed E-state index contributed by atoms with van der Waals surface area (Å²) in [5.74, 6) is -0.439.